The van der Waals surface area contributed by atoms with Crippen LogP contribution >= 0.6 is 8.58 Å². The van der Waals surface area contributed by atoms with Crippen LogP contribution in [0.1, 0.15) is 25.3 Å². The van der Waals surface area contributed by atoms with Gasteiger partial charge in [-0.15, -0.1) is 0 Å². The van der Waals surface area contributed by atoms with E-state index in [0.717, 1.165) is 16.4 Å². The van der Waals surface area contributed by atoms with Crippen LogP contribution in [0.3, 0.4) is 0 Å². The number of benzene rings is 3. The molecule has 3 aromatic rings. The molecule has 116 valence electrons. The minimum absolute atomic E-state index is 0.405. The van der Waals surface area contributed by atoms with Gasteiger partial charge in [-0.1, -0.05) is 95.2 Å². The van der Waals surface area contributed by atoms with Gasteiger partial charge in [-0.05, 0) is 22.3 Å². The molecular formula is C21H21OP. The lowest BCUT2D eigenvalue weighted by molar-refractivity contribution is 0.481. The van der Waals surface area contributed by atoms with Crippen LogP contribution < -0.4 is 10.6 Å². The van der Waals surface area contributed by atoms with E-state index in [-0.39, 0.29) is 0 Å². The lowest BCUT2D eigenvalue weighted by Crippen LogP contribution is -2.04. The molecular weight excluding hydrogens is 299 g/mol. The summed E-state index contributed by atoms with van der Waals surface area (Å²) < 4.78 is 0. The molecule has 0 aliphatic carbocycles. The fraction of sp³-hybridized carbons (Fsp3) is 0.143. The van der Waals surface area contributed by atoms with E-state index in [1.807, 2.05) is 42.5 Å². The maximum atomic E-state index is 10.8. The Labute approximate surface area is 139 Å². The van der Waals surface area contributed by atoms with Gasteiger partial charge in [0.25, 0.3) is 0 Å². The molecule has 1 atom stereocenters. The Balaban J connectivity index is 2.04. The summed E-state index contributed by atoms with van der Waals surface area (Å²) in [6, 6.07) is 24.7. The molecule has 0 aliphatic heterocycles. The first kappa shape index (κ1) is 15.8. The topological polar surface area (TPSA) is 20.2 Å². The Kier molecular flexibility index (Phi) is 4.79. The molecule has 1 nitrogen and oxygen atoms in total. The summed E-state index contributed by atoms with van der Waals surface area (Å²) in [4.78, 5) is 0. The standard InChI is InChI=1S/C21H21OP/c1-15(2)17-11-6-7-12-18(17)19-13-8-14-20(21(19)22)23-16-9-4-3-5-10-16/h3-15,22-23H,1-2H3. The fourth-order valence-corrected chi connectivity index (χ4v) is 3.89. The highest BCUT2D eigenvalue weighted by Crippen LogP contribution is 2.35. The fourth-order valence-electron chi connectivity index (χ4n) is 2.78. The Morgan fingerprint density at radius 3 is 2.13 bits per heavy atom. The van der Waals surface area contributed by atoms with Gasteiger partial charge in [0.15, 0.2) is 0 Å². The number of hydrogen-bond donors (Lipinski definition) is 1. The molecule has 0 saturated carbocycles. The third-order valence-electron chi connectivity index (χ3n) is 3.96. The van der Waals surface area contributed by atoms with E-state index in [1.165, 1.54) is 10.9 Å². The van der Waals surface area contributed by atoms with Gasteiger partial charge in [-0.3, -0.25) is 0 Å². The van der Waals surface area contributed by atoms with E-state index in [9.17, 15) is 5.11 Å². The summed E-state index contributed by atoms with van der Waals surface area (Å²) in [7, 11) is 0.458. The molecule has 3 rings (SSSR count). The van der Waals surface area contributed by atoms with Crippen molar-refractivity contribution in [3.05, 3.63) is 78.4 Å². The van der Waals surface area contributed by atoms with Crippen molar-refractivity contribution in [1.29, 1.82) is 0 Å². The van der Waals surface area contributed by atoms with Crippen molar-refractivity contribution < 1.29 is 5.11 Å². The smallest absolute Gasteiger partial charge is 0.131 e. The molecule has 0 radical (unpaired) electrons. The first-order chi connectivity index (χ1) is 11.2. The number of para-hydroxylation sites is 1. The lowest BCUT2D eigenvalue weighted by atomic mass is 9.92. The zero-order valence-electron chi connectivity index (χ0n) is 13.5. The van der Waals surface area contributed by atoms with Crippen LogP contribution in [0.2, 0.25) is 0 Å². The molecule has 0 aliphatic rings. The third-order valence-corrected chi connectivity index (χ3v) is 5.26. The summed E-state index contributed by atoms with van der Waals surface area (Å²) >= 11 is 0. The van der Waals surface area contributed by atoms with Gasteiger partial charge < -0.3 is 5.11 Å². The van der Waals surface area contributed by atoms with Gasteiger partial charge in [0.1, 0.15) is 5.75 Å². The second-order valence-corrected chi connectivity index (χ2v) is 7.30. The largest absolute Gasteiger partial charge is 0.507 e. The van der Waals surface area contributed by atoms with Crippen molar-refractivity contribution in [3.8, 4) is 16.9 Å². The molecule has 2 heteroatoms. The average molecular weight is 320 g/mol. The Morgan fingerprint density at radius 2 is 1.39 bits per heavy atom. The van der Waals surface area contributed by atoms with Crippen molar-refractivity contribution in [2.45, 2.75) is 19.8 Å². The van der Waals surface area contributed by atoms with Crippen LogP contribution in [-0.4, -0.2) is 5.11 Å². The first-order valence-electron chi connectivity index (χ1n) is 7.90. The molecule has 1 N–H and O–H groups in total. The summed E-state index contributed by atoms with van der Waals surface area (Å²) in [5.74, 6) is 0.827. The Hall–Kier alpha value is -2.11. The van der Waals surface area contributed by atoms with E-state index in [4.69, 9.17) is 0 Å². The van der Waals surface area contributed by atoms with E-state index in [0.29, 0.717) is 20.2 Å². The second kappa shape index (κ2) is 6.98. The molecule has 0 heterocycles. The zero-order valence-corrected chi connectivity index (χ0v) is 14.5. The highest BCUT2D eigenvalue weighted by Gasteiger charge is 2.14. The van der Waals surface area contributed by atoms with Crippen LogP contribution in [0.15, 0.2) is 72.8 Å². The predicted octanol–water partition coefficient (Wildman–Crippen LogP) is 4.81. The van der Waals surface area contributed by atoms with Crippen LogP contribution in [0.5, 0.6) is 5.75 Å². The van der Waals surface area contributed by atoms with Gasteiger partial charge in [-0.2, -0.15) is 0 Å². The summed E-state index contributed by atoms with van der Waals surface area (Å²) in [5, 5.41) is 13.0. The highest BCUT2D eigenvalue weighted by atomic mass is 31.1. The van der Waals surface area contributed by atoms with E-state index >= 15 is 0 Å². The minimum atomic E-state index is 0.405. The van der Waals surface area contributed by atoms with Crippen LogP contribution in [0.4, 0.5) is 0 Å². The molecule has 0 spiro atoms. The van der Waals surface area contributed by atoms with Crippen molar-refractivity contribution >= 4 is 19.2 Å². The molecule has 0 fully saturated rings. The zero-order chi connectivity index (χ0) is 16.2. The van der Waals surface area contributed by atoms with Gasteiger partial charge in [0.2, 0.25) is 0 Å². The molecule has 0 amide bonds. The molecule has 23 heavy (non-hydrogen) atoms. The summed E-state index contributed by atoms with van der Waals surface area (Å²) in [6.07, 6.45) is 0. The maximum Gasteiger partial charge on any atom is 0.131 e. The SMILES string of the molecule is CC(C)c1ccccc1-c1cccc(Pc2ccccc2)c1O. The Morgan fingerprint density at radius 1 is 0.739 bits per heavy atom. The second-order valence-electron chi connectivity index (χ2n) is 5.93. The van der Waals surface area contributed by atoms with Gasteiger partial charge >= 0.3 is 0 Å². The van der Waals surface area contributed by atoms with Crippen molar-refractivity contribution in [3.63, 3.8) is 0 Å². The van der Waals surface area contributed by atoms with Gasteiger partial charge in [0.05, 0.1) is 0 Å². The summed E-state index contributed by atoms with van der Waals surface area (Å²) in [5.41, 5.74) is 3.32. The van der Waals surface area contributed by atoms with Gasteiger partial charge in [0, 0.05) is 10.9 Å². The number of phenols is 1. The molecule has 0 bridgehead atoms. The van der Waals surface area contributed by atoms with E-state index in [1.54, 1.807) is 0 Å². The summed E-state index contributed by atoms with van der Waals surface area (Å²) in [6.45, 7) is 4.37. The Bertz CT molecular complexity index is 794. The predicted molar refractivity (Wildman–Crippen MR) is 102 cm³/mol. The van der Waals surface area contributed by atoms with Crippen molar-refractivity contribution in [1.82, 2.24) is 0 Å². The number of rotatable bonds is 4. The first-order valence-corrected chi connectivity index (χ1v) is 8.90. The third kappa shape index (κ3) is 3.46. The van der Waals surface area contributed by atoms with Crippen molar-refractivity contribution in [2.75, 3.05) is 0 Å². The lowest BCUT2D eigenvalue weighted by Gasteiger charge is -2.15. The van der Waals surface area contributed by atoms with Crippen LogP contribution in [0.25, 0.3) is 11.1 Å². The number of aromatic hydroxyl groups is 1. The van der Waals surface area contributed by atoms with Crippen LogP contribution in [-0.2, 0) is 0 Å². The van der Waals surface area contributed by atoms with Gasteiger partial charge in [-0.25, -0.2) is 0 Å². The average Bonchev–Trinajstić information content (AvgIpc) is 2.58. The number of hydrogen-bond acceptors (Lipinski definition) is 1. The monoisotopic (exact) mass is 320 g/mol. The molecule has 0 aromatic heterocycles. The quantitative estimate of drug-likeness (QED) is 0.684. The van der Waals surface area contributed by atoms with E-state index < -0.39 is 0 Å². The van der Waals surface area contributed by atoms with Crippen LogP contribution in [0, 0.1) is 0 Å². The molecule has 3 aromatic carbocycles. The van der Waals surface area contributed by atoms with E-state index in [2.05, 4.69) is 44.2 Å². The highest BCUT2D eigenvalue weighted by molar-refractivity contribution is 7.55. The number of phenolic OH excluding ortho intramolecular Hbond substituents is 1. The molecule has 1 unspecified atom stereocenters. The normalized spacial score (nSPS) is 11.4. The maximum absolute atomic E-state index is 10.8. The molecule has 0 saturated heterocycles. The van der Waals surface area contributed by atoms with Crippen molar-refractivity contribution in [2.24, 2.45) is 0 Å². The minimum Gasteiger partial charge on any atom is -0.507 e.